The highest BCUT2D eigenvalue weighted by Crippen LogP contribution is 2.31. The van der Waals surface area contributed by atoms with Crippen LogP contribution >= 0.6 is 11.3 Å². The lowest BCUT2D eigenvalue weighted by molar-refractivity contribution is 0.0601. The standard InChI is InChI=1S/C19H27N5O5S2/c1-13(2)20-18(25)15-12-23(22-21-15)10-7-14-6-4-5-9-24(14)31(27,28)16-8-11-30-17(16)19(26)29-3/h8,11-14H,4-7,9-10H2,1-3H3,(H,20,25)/t14-/m1/s1. The Morgan fingerprint density at radius 1 is 1.35 bits per heavy atom. The molecule has 1 atom stereocenters. The van der Waals surface area contributed by atoms with Crippen molar-refractivity contribution in [1.82, 2.24) is 24.6 Å². The first-order valence-electron chi connectivity index (χ1n) is 10.1. The van der Waals surface area contributed by atoms with Gasteiger partial charge in [0.1, 0.15) is 9.77 Å². The van der Waals surface area contributed by atoms with Crippen molar-refractivity contribution in [2.24, 2.45) is 0 Å². The Morgan fingerprint density at radius 2 is 2.13 bits per heavy atom. The van der Waals surface area contributed by atoms with Gasteiger partial charge in [0, 0.05) is 25.2 Å². The lowest BCUT2D eigenvalue weighted by Gasteiger charge is -2.34. The van der Waals surface area contributed by atoms with Gasteiger partial charge in [0.25, 0.3) is 5.91 Å². The fraction of sp³-hybridized carbons (Fsp3) is 0.579. The number of amides is 1. The van der Waals surface area contributed by atoms with Gasteiger partial charge in [0.05, 0.1) is 13.3 Å². The van der Waals surface area contributed by atoms with Crippen molar-refractivity contribution in [1.29, 1.82) is 0 Å². The van der Waals surface area contributed by atoms with Crippen LogP contribution in [0.1, 0.15) is 59.7 Å². The number of carbonyl (C=O) groups excluding carboxylic acids is 2. The number of rotatable bonds is 8. The molecule has 1 aliphatic rings. The maximum absolute atomic E-state index is 13.3. The van der Waals surface area contributed by atoms with Gasteiger partial charge in [-0.05, 0) is 44.6 Å². The second-order valence-corrected chi connectivity index (χ2v) is 10.4. The van der Waals surface area contributed by atoms with Crippen molar-refractivity contribution in [3.8, 4) is 0 Å². The number of carbonyl (C=O) groups is 2. The Bertz CT molecular complexity index is 1030. The minimum absolute atomic E-state index is 0.00867. The van der Waals surface area contributed by atoms with Crippen LogP contribution < -0.4 is 5.32 Å². The summed E-state index contributed by atoms with van der Waals surface area (Å²) < 4.78 is 34.5. The molecule has 31 heavy (non-hydrogen) atoms. The van der Waals surface area contributed by atoms with Crippen LogP contribution in [-0.2, 0) is 21.3 Å². The van der Waals surface area contributed by atoms with Crippen LogP contribution in [0.4, 0.5) is 0 Å². The smallest absolute Gasteiger partial charge is 0.349 e. The molecule has 3 rings (SSSR count). The van der Waals surface area contributed by atoms with Crippen LogP contribution in [0, 0.1) is 0 Å². The zero-order valence-corrected chi connectivity index (χ0v) is 19.4. The van der Waals surface area contributed by atoms with Crippen LogP contribution in [0.2, 0.25) is 0 Å². The summed E-state index contributed by atoms with van der Waals surface area (Å²) in [5.74, 6) is -0.951. The molecule has 0 bridgehead atoms. The summed E-state index contributed by atoms with van der Waals surface area (Å²) in [6.45, 7) is 4.54. The van der Waals surface area contributed by atoms with E-state index in [-0.39, 0.29) is 33.5 Å². The zero-order chi connectivity index (χ0) is 22.6. The van der Waals surface area contributed by atoms with Crippen molar-refractivity contribution in [2.75, 3.05) is 13.7 Å². The predicted molar refractivity (Wildman–Crippen MR) is 114 cm³/mol. The number of aromatic nitrogens is 3. The monoisotopic (exact) mass is 469 g/mol. The number of ether oxygens (including phenoxy) is 1. The van der Waals surface area contributed by atoms with Gasteiger partial charge in [0.2, 0.25) is 10.0 Å². The molecule has 10 nitrogen and oxygen atoms in total. The third kappa shape index (κ3) is 5.31. The molecule has 0 aliphatic carbocycles. The predicted octanol–water partition coefficient (Wildman–Crippen LogP) is 1.90. The topological polar surface area (TPSA) is 123 Å². The molecule has 3 heterocycles. The number of piperidine rings is 1. The van der Waals surface area contributed by atoms with Gasteiger partial charge in [-0.25, -0.2) is 13.2 Å². The van der Waals surface area contributed by atoms with E-state index in [0.717, 1.165) is 24.2 Å². The number of thiophene rings is 1. The quantitative estimate of drug-likeness (QED) is 0.586. The Labute approximate surface area is 185 Å². The molecule has 1 aliphatic heterocycles. The summed E-state index contributed by atoms with van der Waals surface area (Å²) >= 11 is 1.05. The fourth-order valence-electron chi connectivity index (χ4n) is 3.58. The number of hydrogen-bond acceptors (Lipinski definition) is 8. The summed E-state index contributed by atoms with van der Waals surface area (Å²) in [5.41, 5.74) is 0.225. The van der Waals surface area contributed by atoms with Gasteiger partial charge >= 0.3 is 5.97 Å². The first-order valence-corrected chi connectivity index (χ1v) is 12.4. The molecule has 1 N–H and O–H groups in total. The summed E-state index contributed by atoms with van der Waals surface area (Å²) in [4.78, 5) is 24.1. The average molecular weight is 470 g/mol. The third-order valence-corrected chi connectivity index (χ3v) is 8.06. The molecule has 0 saturated carbocycles. The van der Waals surface area contributed by atoms with E-state index in [4.69, 9.17) is 4.74 Å². The Hall–Kier alpha value is -2.31. The number of esters is 1. The number of sulfonamides is 1. The number of hydrogen-bond donors (Lipinski definition) is 1. The molecule has 0 spiro atoms. The number of nitrogens with zero attached hydrogens (tertiary/aromatic N) is 4. The molecular formula is C19H27N5O5S2. The van der Waals surface area contributed by atoms with Gasteiger partial charge < -0.3 is 10.1 Å². The van der Waals surface area contributed by atoms with Crippen LogP contribution in [0.5, 0.6) is 0 Å². The maximum atomic E-state index is 13.3. The van der Waals surface area contributed by atoms with E-state index in [2.05, 4.69) is 15.6 Å². The van der Waals surface area contributed by atoms with Crippen LogP contribution in [-0.4, -0.2) is 65.3 Å². The largest absolute Gasteiger partial charge is 0.465 e. The fourth-order valence-corrected chi connectivity index (χ4v) is 6.61. The molecular weight excluding hydrogens is 442 g/mol. The summed E-state index contributed by atoms with van der Waals surface area (Å²) in [6.07, 6.45) is 4.48. The molecule has 1 saturated heterocycles. The third-order valence-electron chi connectivity index (χ3n) is 5.04. The molecule has 0 radical (unpaired) electrons. The van der Waals surface area contributed by atoms with Crippen molar-refractivity contribution >= 4 is 33.2 Å². The Balaban J connectivity index is 1.73. The van der Waals surface area contributed by atoms with E-state index < -0.39 is 16.0 Å². The highest BCUT2D eigenvalue weighted by atomic mass is 32.2. The maximum Gasteiger partial charge on any atom is 0.349 e. The normalized spacial score (nSPS) is 17.6. The summed E-state index contributed by atoms with van der Waals surface area (Å²) in [7, 11) is -2.61. The van der Waals surface area contributed by atoms with Crippen LogP contribution in [0.15, 0.2) is 22.5 Å². The molecule has 1 amide bonds. The van der Waals surface area contributed by atoms with E-state index in [1.165, 1.54) is 17.5 Å². The van der Waals surface area contributed by atoms with E-state index in [1.807, 2.05) is 13.8 Å². The minimum Gasteiger partial charge on any atom is -0.465 e. The van der Waals surface area contributed by atoms with Crippen LogP contribution in [0.3, 0.4) is 0 Å². The molecule has 0 aromatic carbocycles. The second-order valence-electron chi connectivity index (χ2n) is 7.65. The highest BCUT2D eigenvalue weighted by molar-refractivity contribution is 7.89. The molecule has 1 fully saturated rings. The number of nitrogens with one attached hydrogen (secondary N) is 1. The zero-order valence-electron chi connectivity index (χ0n) is 17.8. The molecule has 2 aromatic heterocycles. The van der Waals surface area contributed by atoms with E-state index >= 15 is 0 Å². The van der Waals surface area contributed by atoms with Gasteiger partial charge in [-0.15, -0.1) is 16.4 Å². The lowest BCUT2D eigenvalue weighted by Crippen LogP contribution is -2.44. The Kier molecular flexibility index (Phi) is 7.44. The lowest BCUT2D eigenvalue weighted by atomic mass is 10.0. The first kappa shape index (κ1) is 23.4. The van der Waals surface area contributed by atoms with Gasteiger partial charge in [-0.1, -0.05) is 11.6 Å². The van der Waals surface area contributed by atoms with Crippen LogP contribution in [0.25, 0.3) is 0 Å². The Morgan fingerprint density at radius 3 is 2.84 bits per heavy atom. The van der Waals surface area contributed by atoms with Crippen molar-refractivity contribution in [3.63, 3.8) is 0 Å². The first-order chi connectivity index (χ1) is 14.7. The summed E-state index contributed by atoms with van der Waals surface area (Å²) in [6, 6.07) is 1.21. The molecule has 170 valence electrons. The van der Waals surface area contributed by atoms with E-state index in [9.17, 15) is 18.0 Å². The van der Waals surface area contributed by atoms with Gasteiger partial charge in [-0.3, -0.25) is 9.48 Å². The van der Waals surface area contributed by atoms with E-state index in [1.54, 1.807) is 16.3 Å². The van der Waals surface area contributed by atoms with Crippen molar-refractivity contribution < 1.29 is 22.7 Å². The van der Waals surface area contributed by atoms with Gasteiger partial charge in [-0.2, -0.15) is 4.31 Å². The SMILES string of the molecule is COC(=O)c1sccc1S(=O)(=O)N1CCCC[C@@H]1CCn1cc(C(=O)NC(C)C)nn1. The van der Waals surface area contributed by atoms with Crippen molar-refractivity contribution in [3.05, 3.63) is 28.2 Å². The second kappa shape index (κ2) is 9.88. The van der Waals surface area contributed by atoms with E-state index in [0.29, 0.717) is 25.9 Å². The van der Waals surface area contributed by atoms with Gasteiger partial charge in [0.15, 0.2) is 5.69 Å². The molecule has 2 aromatic rings. The number of aryl methyl sites for hydroxylation is 1. The molecule has 12 heteroatoms. The highest BCUT2D eigenvalue weighted by Gasteiger charge is 2.36. The summed E-state index contributed by atoms with van der Waals surface area (Å²) in [5, 5.41) is 12.2. The number of methoxy groups -OCH3 is 1. The molecule has 0 unspecified atom stereocenters. The minimum atomic E-state index is -3.85. The van der Waals surface area contributed by atoms with Crippen molar-refractivity contribution in [2.45, 2.75) is 63.1 Å². The average Bonchev–Trinajstić information content (AvgIpc) is 3.41.